The minimum absolute atomic E-state index is 0.462. The number of carboxylic acid groups (broad SMARTS) is 1. The highest BCUT2D eigenvalue weighted by atomic mass is 16.4. The van der Waals surface area contributed by atoms with Gasteiger partial charge in [-0.3, -0.25) is 4.79 Å². The lowest BCUT2D eigenvalue weighted by atomic mass is 10.1. The van der Waals surface area contributed by atoms with E-state index in [1.807, 2.05) is 19.2 Å². The number of para-hydroxylation sites is 1. The number of aliphatic carboxylic acids is 1. The molecule has 0 spiro atoms. The highest BCUT2D eigenvalue weighted by Crippen LogP contribution is 2.14. The van der Waals surface area contributed by atoms with Crippen molar-refractivity contribution in [2.45, 2.75) is 6.54 Å². The molecule has 0 aliphatic rings. The number of carbonyl (C=O) groups excluding carboxylic acids is 1. The molecule has 3 N–H and O–H groups in total. The molecular weight excluding hydrogens is 220 g/mol. The number of rotatable bonds is 5. The molecule has 0 atom stereocenters. The number of carboxylic acids is 1. The van der Waals surface area contributed by atoms with Crippen LogP contribution < -0.4 is 10.6 Å². The third kappa shape index (κ3) is 4.48. The fourth-order valence-electron chi connectivity index (χ4n) is 1.31. The molecule has 0 fully saturated rings. The van der Waals surface area contributed by atoms with E-state index in [-0.39, 0.29) is 0 Å². The second-order valence-corrected chi connectivity index (χ2v) is 3.35. The first-order valence-corrected chi connectivity index (χ1v) is 5.08. The van der Waals surface area contributed by atoms with E-state index in [4.69, 9.17) is 5.11 Å². The molecular formula is C12H14N2O3. The fourth-order valence-corrected chi connectivity index (χ4v) is 1.31. The molecule has 0 saturated carbocycles. The summed E-state index contributed by atoms with van der Waals surface area (Å²) < 4.78 is 0. The van der Waals surface area contributed by atoms with Crippen LogP contribution in [0.5, 0.6) is 0 Å². The highest BCUT2D eigenvalue weighted by Gasteiger charge is 2.03. The molecule has 0 bridgehead atoms. The molecule has 1 aromatic rings. The first-order valence-electron chi connectivity index (χ1n) is 5.08. The number of carbonyl (C=O) groups is 2. The average Bonchev–Trinajstić information content (AvgIpc) is 2.29. The van der Waals surface area contributed by atoms with Gasteiger partial charge in [-0.2, -0.15) is 0 Å². The van der Waals surface area contributed by atoms with Crippen molar-refractivity contribution >= 4 is 17.6 Å². The maximum atomic E-state index is 11.4. The second kappa shape index (κ2) is 6.44. The largest absolute Gasteiger partial charge is 0.478 e. The number of nitrogens with one attached hydrogen (secondary N) is 2. The quantitative estimate of drug-likeness (QED) is 0.664. The summed E-state index contributed by atoms with van der Waals surface area (Å²) in [4.78, 5) is 21.6. The standard InChI is InChI=1S/C12H14N2O3/c1-13-8-9-4-2-3-5-10(9)14-11(15)6-7-12(16)17/h2-7,13H,8H2,1H3,(H,14,15)(H,16,17)/b7-6+. The van der Waals surface area contributed by atoms with E-state index in [0.29, 0.717) is 12.2 Å². The van der Waals surface area contributed by atoms with Gasteiger partial charge >= 0.3 is 5.97 Å². The normalized spacial score (nSPS) is 10.4. The van der Waals surface area contributed by atoms with Gasteiger partial charge in [-0.15, -0.1) is 0 Å². The number of amides is 1. The Balaban J connectivity index is 2.74. The molecule has 0 heterocycles. The molecule has 0 aliphatic carbocycles. The Morgan fingerprint density at radius 1 is 1.29 bits per heavy atom. The van der Waals surface area contributed by atoms with Gasteiger partial charge in [-0.1, -0.05) is 18.2 Å². The Bertz CT molecular complexity index is 441. The van der Waals surface area contributed by atoms with Gasteiger partial charge in [0.25, 0.3) is 0 Å². The summed E-state index contributed by atoms with van der Waals surface area (Å²) in [5.74, 6) is -1.61. The summed E-state index contributed by atoms with van der Waals surface area (Å²) >= 11 is 0. The zero-order valence-electron chi connectivity index (χ0n) is 9.43. The van der Waals surface area contributed by atoms with Crippen molar-refractivity contribution < 1.29 is 14.7 Å². The van der Waals surface area contributed by atoms with Gasteiger partial charge in [0.05, 0.1) is 0 Å². The molecule has 0 radical (unpaired) electrons. The van der Waals surface area contributed by atoms with Crippen molar-refractivity contribution in [2.75, 3.05) is 12.4 Å². The van der Waals surface area contributed by atoms with Gasteiger partial charge < -0.3 is 15.7 Å². The van der Waals surface area contributed by atoms with Gasteiger partial charge in [-0.05, 0) is 18.7 Å². The van der Waals surface area contributed by atoms with E-state index in [9.17, 15) is 9.59 Å². The zero-order chi connectivity index (χ0) is 12.7. The number of hydrogen-bond acceptors (Lipinski definition) is 3. The summed E-state index contributed by atoms with van der Waals surface area (Å²) in [6, 6.07) is 7.32. The van der Waals surface area contributed by atoms with E-state index >= 15 is 0 Å². The van der Waals surface area contributed by atoms with Crippen molar-refractivity contribution in [3.8, 4) is 0 Å². The van der Waals surface area contributed by atoms with Crippen LogP contribution in [0.4, 0.5) is 5.69 Å². The molecule has 1 amide bonds. The van der Waals surface area contributed by atoms with Gasteiger partial charge in [0.1, 0.15) is 0 Å². The van der Waals surface area contributed by atoms with Crippen molar-refractivity contribution in [2.24, 2.45) is 0 Å². The molecule has 1 aromatic carbocycles. The average molecular weight is 234 g/mol. The Labute approximate surface area is 99.1 Å². The topological polar surface area (TPSA) is 78.4 Å². The fraction of sp³-hybridized carbons (Fsp3) is 0.167. The minimum Gasteiger partial charge on any atom is -0.478 e. The first-order chi connectivity index (χ1) is 8.13. The van der Waals surface area contributed by atoms with E-state index in [0.717, 1.165) is 17.7 Å². The Kier molecular flexibility index (Phi) is 4.90. The van der Waals surface area contributed by atoms with Crippen LogP contribution in [0.3, 0.4) is 0 Å². The summed E-state index contributed by atoms with van der Waals surface area (Å²) in [7, 11) is 1.81. The predicted octanol–water partition coefficient (Wildman–Crippen LogP) is 0.985. The van der Waals surface area contributed by atoms with Gasteiger partial charge in [0.2, 0.25) is 5.91 Å². The Morgan fingerprint density at radius 2 is 2.00 bits per heavy atom. The molecule has 0 unspecified atom stereocenters. The van der Waals surface area contributed by atoms with Crippen LogP contribution in [-0.4, -0.2) is 24.0 Å². The lowest BCUT2D eigenvalue weighted by Crippen LogP contribution is -2.13. The third-order valence-electron chi connectivity index (χ3n) is 2.02. The van der Waals surface area contributed by atoms with Crippen molar-refractivity contribution in [3.63, 3.8) is 0 Å². The van der Waals surface area contributed by atoms with Crippen molar-refractivity contribution in [1.29, 1.82) is 0 Å². The molecule has 0 aromatic heterocycles. The molecule has 5 nitrogen and oxygen atoms in total. The van der Waals surface area contributed by atoms with E-state index in [1.54, 1.807) is 12.1 Å². The summed E-state index contributed by atoms with van der Waals surface area (Å²) in [5.41, 5.74) is 1.61. The van der Waals surface area contributed by atoms with Crippen LogP contribution in [0.1, 0.15) is 5.56 Å². The minimum atomic E-state index is -1.15. The van der Waals surface area contributed by atoms with Gasteiger partial charge in [0.15, 0.2) is 0 Å². The first kappa shape index (κ1) is 12.9. The van der Waals surface area contributed by atoms with Crippen molar-refractivity contribution in [1.82, 2.24) is 5.32 Å². The van der Waals surface area contributed by atoms with Crippen LogP contribution in [-0.2, 0) is 16.1 Å². The molecule has 0 saturated heterocycles. The van der Waals surface area contributed by atoms with E-state index < -0.39 is 11.9 Å². The maximum Gasteiger partial charge on any atom is 0.328 e. The Hall–Kier alpha value is -2.14. The molecule has 5 heteroatoms. The SMILES string of the molecule is CNCc1ccccc1NC(=O)/C=C/C(=O)O. The maximum absolute atomic E-state index is 11.4. The highest BCUT2D eigenvalue weighted by molar-refractivity contribution is 6.02. The van der Waals surface area contributed by atoms with Crippen LogP contribution in [0.25, 0.3) is 0 Å². The van der Waals surface area contributed by atoms with E-state index in [2.05, 4.69) is 10.6 Å². The Morgan fingerprint density at radius 3 is 2.65 bits per heavy atom. The van der Waals surface area contributed by atoms with Crippen LogP contribution in [0.15, 0.2) is 36.4 Å². The molecule has 0 aliphatic heterocycles. The second-order valence-electron chi connectivity index (χ2n) is 3.35. The molecule has 90 valence electrons. The summed E-state index contributed by atoms with van der Waals surface area (Å²) in [6.07, 6.45) is 1.79. The summed E-state index contributed by atoms with van der Waals surface area (Å²) in [6.45, 7) is 0.624. The zero-order valence-corrected chi connectivity index (χ0v) is 9.43. The van der Waals surface area contributed by atoms with Gasteiger partial charge in [0, 0.05) is 24.4 Å². The van der Waals surface area contributed by atoms with Crippen LogP contribution >= 0.6 is 0 Å². The molecule has 1 rings (SSSR count). The van der Waals surface area contributed by atoms with Crippen LogP contribution in [0, 0.1) is 0 Å². The predicted molar refractivity (Wildman–Crippen MR) is 64.6 cm³/mol. The smallest absolute Gasteiger partial charge is 0.328 e. The number of anilines is 1. The number of benzene rings is 1. The van der Waals surface area contributed by atoms with Crippen molar-refractivity contribution in [3.05, 3.63) is 42.0 Å². The van der Waals surface area contributed by atoms with E-state index in [1.165, 1.54) is 0 Å². The summed E-state index contributed by atoms with van der Waals surface area (Å²) in [5, 5.41) is 14.0. The monoisotopic (exact) mass is 234 g/mol. The van der Waals surface area contributed by atoms with Gasteiger partial charge in [-0.25, -0.2) is 4.79 Å². The lowest BCUT2D eigenvalue weighted by Gasteiger charge is -2.08. The molecule has 17 heavy (non-hydrogen) atoms. The third-order valence-corrected chi connectivity index (χ3v) is 2.02. The number of hydrogen-bond donors (Lipinski definition) is 3. The lowest BCUT2D eigenvalue weighted by molar-refractivity contribution is -0.131. The van der Waals surface area contributed by atoms with Crippen LogP contribution in [0.2, 0.25) is 0 Å².